The highest BCUT2D eigenvalue weighted by Crippen LogP contribution is 2.44. The van der Waals surface area contributed by atoms with Crippen molar-refractivity contribution in [2.75, 3.05) is 45.1 Å². The molecule has 2 bridgehead atoms. The van der Waals surface area contributed by atoms with Gasteiger partial charge in [0.05, 0.1) is 18.7 Å². The lowest BCUT2D eigenvalue weighted by Crippen LogP contribution is -2.55. The van der Waals surface area contributed by atoms with Gasteiger partial charge in [-0.05, 0) is 54.3 Å². The number of aromatic nitrogens is 2. The molecular formula is C33H32F4N4O6. The monoisotopic (exact) mass is 656 g/mol. The second-order valence-electron chi connectivity index (χ2n) is 11.3. The molecule has 0 unspecified atom stereocenters. The fourth-order valence-corrected chi connectivity index (χ4v) is 6.47. The number of nitrogens with zero attached hydrogens (tertiary/aromatic N) is 4. The summed E-state index contributed by atoms with van der Waals surface area (Å²) in [6.07, 6.45) is -4.54. The lowest BCUT2D eigenvalue weighted by atomic mass is 9.91. The van der Waals surface area contributed by atoms with Gasteiger partial charge in [-0.15, -0.1) is 0 Å². The number of ether oxygens (including phenoxy) is 4. The number of halogens is 4. The Labute approximate surface area is 267 Å². The molecule has 1 N–H and O–H groups in total. The van der Waals surface area contributed by atoms with Gasteiger partial charge >= 0.3 is 18.3 Å². The molecule has 0 spiro atoms. The molecule has 47 heavy (non-hydrogen) atoms. The Kier molecular flexibility index (Phi) is 8.70. The van der Waals surface area contributed by atoms with Gasteiger partial charge in [-0.3, -0.25) is 4.90 Å². The molecule has 3 heterocycles. The molecule has 1 amide bonds. The summed E-state index contributed by atoms with van der Waals surface area (Å²) in [5, 5.41) is 11.3. The van der Waals surface area contributed by atoms with Crippen molar-refractivity contribution in [2.45, 2.75) is 38.0 Å². The number of hydrogen-bond acceptors (Lipinski definition) is 8. The van der Waals surface area contributed by atoms with E-state index in [1.807, 2.05) is 18.2 Å². The first-order chi connectivity index (χ1) is 22.5. The van der Waals surface area contributed by atoms with Crippen LogP contribution < -0.4 is 14.4 Å². The molecule has 0 saturated carbocycles. The predicted molar refractivity (Wildman–Crippen MR) is 166 cm³/mol. The van der Waals surface area contributed by atoms with E-state index in [0.29, 0.717) is 29.5 Å². The van der Waals surface area contributed by atoms with E-state index in [9.17, 15) is 23.1 Å². The van der Waals surface area contributed by atoms with Gasteiger partial charge < -0.3 is 29.0 Å². The summed E-state index contributed by atoms with van der Waals surface area (Å²) in [5.74, 6) is -0.209. The maximum Gasteiger partial charge on any atom is 0.422 e. The molecule has 2 atom stereocenters. The first kappa shape index (κ1) is 32.1. The summed E-state index contributed by atoms with van der Waals surface area (Å²) >= 11 is 0. The quantitative estimate of drug-likeness (QED) is 0.111. The number of piperazine rings is 1. The van der Waals surface area contributed by atoms with Crippen LogP contribution >= 0.6 is 0 Å². The number of carboxylic acid groups (broad SMARTS) is 1. The molecule has 248 valence electrons. The molecule has 2 fully saturated rings. The van der Waals surface area contributed by atoms with Crippen molar-refractivity contribution in [1.29, 1.82) is 0 Å². The number of carbonyl (C=O) groups is 1. The van der Waals surface area contributed by atoms with Gasteiger partial charge in [0.1, 0.15) is 22.8 Å². The Morgan fingerprint density at radius 1 is 1.06 bits per heavy atom. The smallest absolute Gasteiger partial charge is 0.422 e. The normalized spacial score (nSPS) is 17.7. The van der Waals surface area contributed by atoms with E-state index >= 15 is 4.39 Å². The van der Waals surface area contributed by atoms with Crippen LogP contribution in [0.2, 0.25) is 0 Å². The van der Waals surface area contributed by atoms with Crippen LogP contribution in [0, 0.1) is 5.82 Å². The summed E-state index contributed by atoms with van der Waals surface area (Å²) in [4.78, 5) is 23.6. The molecule has 10 nitrogen and oxygen atoms in total. The van der Waals surface area contributed by atoms with E-state index in [1.165, 1.54) is 12.0 Å². The number of alkyl halides is 3. The highest BCUT2D eigenvalue weighted by molar-refractivity contribution is 6.04. The zero-order valence-electron chi connectivity index (χ0n) is 25.6. The van der Waals surface area contributed by atoms with E-state index in [1.54, 1.807) is 36.1 Å². The van der Waals surface area contributed by atoms with Gasteiger partial charge in [0.15, 0.2) is 19.2 Å². The van der Waals surface area contributed by atoms with Gasteiger partial charge in [0.25, 0.3) is 0 Å². The third-order valence-corrected chi connectivity index (χ3v) is 8.33. The Balaban J connectivity index is 1.61. The summed E-state index contributed by atoms with van der Waals surface area (Å²) in [6.45, 7) is 4.69. The molecule has 14 heteroatoms. The summed E-state index contributed by atoms with van der Waals surface area (Å²) in [6, 6.07) is 10.9. The van der Waals surface area contributed by atoms with E-state index in [2.05, 4.69) is 16.5 Å². The SMILES string of the molecule is C=C(OCC)c1cc2c(N3C[C@H]4CC[C@@H](C3)N4C(=O)O)nc(OCC(F)(F)F)nc2c(F)c1-c1cc(OCOC)cc2ccccc12. The Bertz CT molecular complexity index is 1840. The molecule has 0 aliphatic carbocycles. The second kappa shape index (κ2) is 12.7. The number of fused-ring (bicyclic) bond motifs is 4. The van der Waals surface area contributed by atoms with Crippen molar-refractivity contribution in [3.8, 4) is 22.9 Å². The highest BCUT2D eigenvalue weighted by atomic mass is 19.4. The van der Waals surface area contributed by atoms with Crippen LogP contribution in [0.25, 0.3) is 38.6 Å². The van der Waals surface area contributed by atoms with E-state index in [4.69, 9.17) is 18.9 Å². The number of rotatable bonds is 10. The molecule has 2 aliphatic rings. The van der Waals surface area contributed by atoms with Crippen molar-refractivity contribution in [3.05, 3.63) is 60.4 Å². The average molecular weight is 657 g/mol. The largest absolute Gasteiger partial charge is 0.494 e. The zero-order valence-corrected chi connectivity index (χ0v) is 25.6. The molecule has 6 rings (SSSR count). The first-order valence-corrected chi connectivity index (χ1v) is 15.0. The second-order valence-corrected chi connectivity index (χ2v) is 11.3. The van der Waals surface area contributed by atoms with Crippen molar-refractivity contribution in [2.24, 2.45) is 0 Å². The fraction of sp³-hybridized carbons (Fsp3) is 0.364. The third-order valence-electron chi connectivity index (χ3n) is 8.33. The van der Waals surface area contributed by atoms with Crippen LogP contribution in [0.1, 0.15) is 25.3 Å². The summed E-state index contributed by atoms with van der Waals surface area (Å²) in [5.41, 5.74) is 0.426. The van der Waals surface area contributed by atoms with Crippen molar-refractivity contribution >= 4 is 39.3 Å². The van der Waals surface area contributed by atoms with Gasteiger partial charge in [-0.25, -0.2) is 9.18 Å². The molecule has 2 saturated heterocycles. The van der Waals surface area contributed by atoms with Gasteiger partial charge in [0, 0.05) is 36.7 Å². The van der Waals surface area contributed by atoms with E-state index < -0.39 is 30.7 Å². The lowest BCUT2D eigenvalue weighted by Gasteiger charge is -2.40. The molecular weight excluding hydrogens is 624 g/mol. The predicted octanol–water partition coefficient (Wildman–Crippen LogP) is 6.85. The Hall–Kier alpha value is -4.85. The Morgan fingerprint density at radius 2 is 1.79 bits per heavy atom. The molecule has 2 aliphatic heterocycles. The van der Waals surface area contributed by atoms with Crippen LogP contribution in [0.5, 0.6) is 11.8 Å². The average Bonchev–Trinajstić information content (AvgIpc) is 3.31. The highest BCUT2D eigenvalue weighted by Gasteiger charge is 2.44. The van der Waals surface area contributed by atoms with Gasteiger partial charge in [0.2, 0.25) is 0 Å². The van der Waals surface area contributed by atoms with Crippen LogP contribution in [0.15, 0.2) is 49.0 Å². The van der Waals surface area contributed by atoms with E-state index in [-0.39, 0.29) is 72.2 Å². The summed E-state index contributed by atoms with van der Waals surface area (Å²) < 4.78 is 78.4. The molecule has 0 radical (unpaired) electrons. The van der Waals surface area contributed by atoms with Crippen LogP contribution in [-0.4, -0.2) is 84.5 Å². The van der Waals surface area contributed by atoms with Crippen LogP contribution in [0.4, 0.5) is 28.2 Å². The standard InChI is InChI=1S/C33H32F4N4O6/c1-4-45-18(2)24-13-26-29(28(34)27(24)25-12-22(47-17-44-3)11-19-7-5-6-8-23(19)25)38-31(46-16-33(35,36)37)39-30(26)40-14-20-9-10-21(15-40)41(20)32(42)43/h5-8,11-13,20-21H,2,4,9-10,14-17H2,1,3H3,(H,42,43)/t20-,21+. The number of amides is 1. The maximum absolute atomic E-state index is 17.2. The van der Waals surface area contributed by atoms with Crippen molar-refractivity contribution < 1.29 is 46.4 Å². The number of anilines is 1. The maximum atomic E-state index is 17.2. The number of methoxy groups -OCH3 is 1. The number of hydrogen-bond donors (Lipinski definition) is 1. The van der Waals surface area contributed by atoms with Gasteiger partial charge in [-0.1, -0.05) is 30.8 Å². The minimum absolute atomic E-state index is 0.0391. The minimum Gasteiger partial charge on any atom is -0.494 e. The first-order valence-electron chi connectivity index (χ1n) is 15.0. The summed E-state index contributed by atoms with van der Waals surface area (Å²) in [7, 11) is 1.47. The Morgan fingerprint density at radius 3 is 2.45 bits per heavy atom. The van der Waals surface area contributed by atoms with Crippen molar-refractivity contribution in [1.82, 2.24) is 14.9 Å². The molecule has 3 aromatic carbocycles. The minimum atomic E-state index is -4.70. The van der Waals surface area contributed by atoms with Crippen molar-refractivity contribution in [3.63, 3.8) is 0 Å². The molecule has 1 aromatic heterocycles. The van der Waals surface area contributed by atoms with E-state index in [0.717, 1.165) is 5.39 Å². The number of benzene rings is 3. The zero-order chi connectivity index (χ0) is 33.5. The van der Waals surface area contributed by atoms with Gasteiger partial charge in [-0.2, -0.15) is 23.1 Å². The topological polar surface area (TPSA) is 106 Å². The molecule has 4 aromatic rings. The van der Waals surface area contributed by atoms with Crippen LogP contribution in [-0.2, 0) is 9.47 Å². The fourth-order valence-electron chi connectivity index (χ4n) is 6.47. The van der Waals surface area contributed by atoms with Crippen LogP contribution in [0.3, 0.4) is 0 Å². The third kappa shape index (κ3) is 6.29. The lowest BCUT2D eigenvalue weighted by molar-refractivity contribution is -0.154.